The van der Waals surface area contributed by atoms with Crippen LogP contribution in [0, 0.1) is 0 Å². The SMILES string of the molecule is CC1=CC(C)=C(c2ccc3ccccc3c2-c2ccccc2CO)C1. The second-order valence-corrected chi connectivity index (χ2v) is 6.85. The van der Waals surface area contributed by atoms with Crippen LogP contribution < -0.4 is 0 Å². The first-order valence-corrected chi connectivity index (χ1v) is 8.77. The molecule has 0 saturated carbocycles. The van der Waals surface area contributed by atoms with Gasteiger partial charge in [-0.1, -0.05) is 72.3 Å². The first kappa shape index (κ1) is 15.9. The molecular weight excluding hydrogens is 304 g/mol. The highest BCUT2D eigenvalue weighted by atomic mass is 16.3. The van der Waals surface area contributed by atoms with Crippen LogP contribution in [0.15, 0.2) is 77.9 Å². The zero-order valence-electron chi connectivity index (χ0n) is 14.7. The lowest BCUT2D eigenvalue weighted by Crippen LogP contribution is -1.96. The predicted octanol–water partition coefficient (Wildman–Crippen LogP) is 6.12. The van der Waals surface area contributed by atoms with E-state index in [4.69, 9.17) is 0 Å². The number of hydrogen-bond acceptors (Lipinski definition) is 1. The standard InChI is InChI=1S/C24H22O/c1-16-13-17(2)23(14-16)22-12-11-18-7-3-5-9-20(18)24(22)21-10-6-4-8-19(21)15-25/h3-13,25H,14-15H2,1-2H3. The molecule has 1 aliphatic carbocycles. The van der Waals surface area contributed by atoms with Gasteiger partial charge in [0.2, 0.25) is 0 Å². The van der Waals surface area contributed by atoms with E-state index in [1.165, 1.54) is 38.6 Å². The average molecular weight is 326 g/mol. The monoisotopic (exact) mass is 326 g/mol. The molecule has 0 aliphatic heterocycles. The second kappa shape index (κ2) is 6.34. The number of benzene rings is 3. The van der Waals surface area contributed by atoms with Gasteiger partial charge in [-0.2, -0.15) is 0 Å². The van der Waals surface area contributed by atoms with Crippen molar-refractivity contribution in [2.45, 2.75) is 26.9 Å². The highest BCUT2D eigenvalue weighted by molar-refractivity contribution is 6.03. The molecule has 0 amide bonds. The molecule has 1 N–H and O–H groups in total. The minimum atomic E-state index is 0.0497. The van der Waals surface area contributed by atoms with Crippen LogP contribution in [0.5, 0.6) is 0 Å². The molecule has 1 heteroatoms. The summed E-state index contributed by atoms with van der Waals surface area (Å²) in [5.41, 5.74) is 8.76. The van der Waals surface area contributed by atoms with Gasteiger partial charge < -0.3 is 5.11 Å². The molecule has 0 saturated heterocycles. The molecule has 0 fully saturated rings. The highest BCUT2D eigenvalue weighted by Gasteiger charge is 2.19. The largest absolute Gasteiger partial charge is 0.392 e. The number of aliphatic hydroxyl groups excluding tert-OH is 1. The van der Waals surface area contributed by atoms with Gasteiger partial charge in [0.1, 0.15) is 0 Å². The summed E-state index contributed by atoms with van der Waals surface area (Å²) < 4.78 is 0. The van der Waals surface area contributed by atoms with Crippen molar-refractivity contribution in [1.29, 1.82) is 0 Å². The Balaban J connectivity index is 2.07. The van der Waals surface area contributed by atoms with Crippen molar-refractivity contribution in [2.75, 3.05) is 0 Å². The summed E-state index contributed by atoms with van der Waals surface area (Å²) in [7, 11) is 0. The Hall–Kier alpha value is -2.64. The first-order chi connectivity index (χ1) is 12.2. The van der Waals surface area contributed by atoms with Gasteiger partial charge >= 0.3 is 0 Å². The maximum Gasteiger partial charge on any atom is 0.0687 e. The molecule has 0 atom stereocenters. The molecule has 0 unspecified atom stereocenters. The lowest BCUT2D eigenvalue weighted by Gasteiger charge is -2.18. The summed E-state index contributed by atoms with van der Waals surface area (Å²) >= 11 is 0. The molecule has 3 aromatic carbocycles. The van der Waals surface area contributed by atoms with E-state index in [0.29, 0.717) is 0 Å². The fourth-order valence-electron chi connectivity index (χ4n) is 3.95. The molecule has 0 heterocycles. The van der Waals surface area contributed by atoms with Gasteiger partial charge in [-0.25, -0.2) is 0 Å². The molecule has 25 heavy (non-hydrogen) atoms. The lowest BCUT2D eigenvalue weighted by atomic mass is 9.86. The van der Waals surface area contributed by atoms with Crippen LogP contribution in [0.1, 0.15) is 31.4 Å². The predicted molar refractivity (Wildman–Crippen MR) is 106 cm³/mol. The second-order valence-electron chi connectivity index (χ2n) is 6.85. The van der Waals surface area contributed by atoms with E-state index in [9.17, 15) is 5.11 Å². The number of aliphatic hydroxyl groups is 1. The van der Waals surface area contributed by atoms with Crippen LogP contribution in [0.2, 0.25) is 0 Å². The van der Waals surface area contributed by atoms with Crippen LogP contribution in [-0.2, 0) is 6.61 Å². The zero-order chi connectivity index (χ0) is 17.4. The Morgan fingerprint density at radius 1 is 0.840 bits per heavy atom. The summed E-state index contributed by atoms with van der Waals surface area (Å²) in [4.78, 5) is 0. The van der Waals surface area contributed by atoms with Gasteiger partial charge in [-0.05, 0) is 64.4 Å². The van der Waals surface area contributed by atoms with Crippen molar-refractivity contribution in [3.8, 4) is 11.1 Å². The summed E-state index contributed by atoms with van der Waals surface area (Å²) in [6, 6.07) is 21.2. The first-order valence-electron chi connectivity index (χ1n) is 8.77. The maximum absolute atomic E-state index is 9.88. The fraction of sp³-hybridized carbons (Fsp3) is 0.167. The summed E-state index contributed by atoms with van der Waals surface area (Å²) in [6.07, 6.45) is 3.28. The maximum atomic E-state index is 9.88. The summed E-state index contributed by atoms with van der Waals surface area (Å²) in [5.74, 6) is 0. The van der Waals surface area contributed by atoms with E-state index in [0.717, 1.165) is 17.5 Å². The number of hydrogen-bond donors (Lipinski definition) is 1. The third-order valence-electron chi connectivity index (χ3n) is 5.11. The molecule has 1 nitrogen and oxygen atoms in total. The normalized spacial score (nSPS) is 14.3. The van der Waals surface area contributed by atoms with Crippen LogP contribution in [0.3, 0.4) is 0 Å². The van der Waals surface area contributed by atoms with E-state index >= 15 is 0 Å². The van der Waals surface area contributed by atoms with Gasteiger partial charge in [0.05, 0.1) is 6.61 Å². The Labute approximate surface area is 148 Å². The van der Waals surface area contributed by atoms with E-state index in [1.807, 2.05) is 12.1 Å². The van der Waals surface area contributed by atoms with E-state index in [-0.39, 0.29) is 6.61 Å². The van der Waals surface area contributed by atoms with Crippen molar-refractivity contribution in [1.82, 2.24) is 0 Å². The minimum absolute atomic E-state index is 0.0497. The van der Waals surface area contributed by atoms with Crippen molar-refractivity contribution in [3.63, 3.8) is 0 Å². The van der Waals surface area contributed by atoms with Gasteiger partial charge in [-0.15, -0.1) is 0 Å². The molecule has 0 radical (unpaired) electrons. The minimum Gasteiger partial charge on any atom is -0.392 e. The smallest absolute Gasteiger partial charge is 0.0687 e. The van der Waals surface area contributed by atoms with Crippen molar-refractivity contribution < 1.29 is 5.11 Å². The fourth-order valence-corrected chi connectivity index (χ4v) is 3.95. The van der Waals surface area contributed by atoms with Crippen molar-refractivity contribution in [3.05, 3.63) is 89.0 Å². The van der Waals surface area contributed by atoms with Gasteiger partial charge in [0, 0.05) is 0 Å². The molecule has 1 aliphatic rings. The number of allylic oxidation sites excluding steroid dienone is 4. The van der Waals surface area contributed by atoms with Crippen LogP contribution in [0.25, 0.3) is 27.5 Å². The van der Waals surface area contributed by atoms with Crippen LogP contribution >= 0.6 is 0 Å². The van der Waals surface area contributed by atoms with Gasteiger partial charge in [-0.3, -0.25) is 0 Å². The Morgan fingerprint density at radius 3 is 2.36 bits per heavy atom. The van der Waals surface area contributed by atoms with Crippen molar-refractivity contribution in [2.24, 2.45) is 0 Å². The van der Waals surface area contributed by atoms with Gasteiger partial charge in [0.25, 0.3) is 0 Å². The average Bonchev–Trinajstić information content (AvgIpc) is 2.98. The summed E-state index contributed by atoms with van der Waals surface area (Å²) in [5, 5.41) is 12.4. The molecule has 124 valence electrons. The van der Waals surface area contributed by atoms with Crippen molar-refractivity contribution >= 4 is 16.3 Å². The van der Waals surface area contributed by atoms with E-state index in [2.05, 4.69) is 68.5 Å². The van der Waals surface area contributed by atoms with Gasteiger partial charge in [0.15, 0.2) is 0 Å². The number of rotatable bonds is 3. The zero-order valence-corrected chi connectivity index (χ0v) is 14.7. The van der Waals surface area contributed by atoms with Crippen LogP contribution in [-0.4, -0.2) is 5.11 Å². The van der Waals surface area contributed by atoms with E-state index < -0.39 is 0 Å². The highest BCUT2D eigenvalue weighted by Crippen LogP contribution is 2.42. The van der Waals surface area contributed by atoms with Crippen LogP contribution in [0.4, 0.5) is 0 Å². The topological polar surface area (TPSA) is 20.2 Å². The third-order valence-corrected chi connectivity index (χ3v) is 5.11. The Kier molecular flexibility index (Phi) is 4.03. The number of fused-ring (bicyclic) bond motifs is 1. The molecular formula is C24H22O. The molecule has 3 aromatic rings. The third kappa shape index (κ3) is 2.71. The molecule has 0 bridgehead atoms. The molecule has 0 aromatic heterocycles. The quantitative estimate of drug-likeness (QED) is 0.614. The summed E-state index contributed by atoms with van der Waals surface area (Å²) in [6.45, 7) is 4.44. The molecule has 0 spiro atoms. The van der Waals surface area contributed by atoms with E-state index in [1.54, 1.807) is 0 Å². The molecule has 4 rings (SSSR count). The Morgan fingerprint density at radius 2 is 1.60 bits per heavy atom. The Bertz CT molecular complexity index is 1020. The lowest BCUT2D eigenvalue weighted by molar-refractivity contribution is 0.282.